The lowest BCUT2D eigenvalue weighted by Gasteiger charge is -2.04. The van der Waals surface area contributed by atoms with Crippen LogP contribution in [0.25, 0.3) is 10.8 Å². The summed E-state index contributed by atoms with van der Waals surface area (Å²) >= 11 is 4.35. The Kier molecular flexibility index (Phi) is 3.44. The molecule has 0 atom stereocenters. The molecular formula is C10H6I2O3S. The van der Waals surface area contributed by atoms with E-state index in [0.717, 1.165) is 17.9 Å². The van der Waals surface area contributed by atoms with Crippen molar-refractivity contribution in [1.82, 2.24) is 0 Å². The molecule has 3 nitrogen and oxygen atoms in total. The topological polar surface area (TPSA) is 54.4 Å². The number of benzene rings is 2. The van der Waals surface area contributed by atoms with E-state index < -0.39 is 10.1 Å². The molecule has 0 aliphatic rings. The first-order valence-corrected chi connectivity index (χ1v) is 7.84. The Bertz CT molecular complexity index is 665. The van der Waals surface area contributed by atoms with Gasteiger partial charge in [-0.1, -0.05) is 6.07 Å². The molecule has 0 bridgehead atoms. The zero-order valence-electron chi connectivity index (χ0n) is 7.81. The van der Waals surface area contributed by atoms with E-state index >= 15 is 0 Å². The number of hydrogen-bond acceptors (Lipinski definition) is 2. The summed E-state index contributed by atoms with van der Waals surface area (Å²) in [4.78, 5) is -0.0703. The van der Waals surface area contributed by atoms with E-state index in [1.807, 2.05) is 12.1 Å². The van der Waals surface area contributed by atoms with Crippen LogP contribution in [-0.2, 0) is 10.1 Å². The third-order valence-corrected chi connectivity index (χ3v) is 4.50. The second-order valence-electron chi connectivity index (χ2n) is 3.25. The van der Waals surface area contributed by atoms with Crippen LogP contribution in [0, 0.1) is 7.14 Å². The largest absolute Gasteiger partial charge is 0.294 e. The highest BCUT2D eigenvalue weighted by Crippen LogP contribution is 2.26. The molecule has 0 heterocycles. The van der Waals surface area contributed by atoms with E-state index in [0.29, 0.717) is 0 Å². The van der Waals surface area contributed by atoms with Crippen LogP contribution in [0.2, 0.25) is 0 Å². The van der Waals surface area contributed by atoms with Crippen LogP contribution < -0.4 is 0 Å². The van der Waals surface area contributed by atoms with Gasteiger partial charge in [-0.25, -0.2) is 0 Å². The van der Waals surface area contributed by atoms with Gasteiger partial charge in [-0.2, -0.15) is 8.42 Å². The molecule has 0 fully saturated rings. The number of halogens is 2. The van der Waals surface area contributed by atoms with Gasteiger partial charge in [0.25, 0.3) is 10.1 Å². The van der Waals surface area contributed by atoms with Crippen molar-refractivity contribution < 1.29 is 13.0 Å². The van der Waals surface area contributed by atoms with Gasteiger partial charge < -0.3 is 0 Å². The first-order valence-electron chi connectivity index (χ1n) is 4.24. The molecule has 0 saturated heterocycles. The van der Waals surface area contributed by atoms with Crippen molar-refractivity contribution in [2.75, 3.05) is 0 Å². The SMILES string of the molecule is O=S(=O)(O)c1ccc2cc(I)cc(I)c2c1. The first-order chi connectivity index (χ1) is 7.38. The van der Waals surface area contributed by atoms with Crippen molar-refractivity contribution in [3.8, 4) is 0 Å². The van der Waals surface area contributed by atoms with Crippen LogP contribution >= 0.6 is 45.2 Å². The van der Waals surface area contributed by atoms with Gasteiger partial charge in [0.1, 0.15) is 0 Å². The monoisotopic (exact) mass is 460 g/mol. The fraction of sp³-hybridized carbons (Fsp3) is 0. The smallest absolute Gasteiger partial charge is 0.282 e. The minimum absolute atomic E-state index is 0.0703. The molecule has 0 spiro atoms. The summed E-state index contributed by atoms with van der Waals surface area (Å²) in [7, 11) is -4.13. The minimum atomic E-state index is -4.13. The highest BCUT2D eigenvalue weighted by molar-refractivity contribution is 14.1. The summed E-state index contributed by atoms with van der Waals surface area (Å²) in [6.45, 7) is 0. The second kappa shape index (κ2) is 4.39. The van der Waals surface area contributed by atoms with Gasteiger partial charge in [-0.15, -0.1) is 0 Å². The minimum Gasteiger partial charge on any atom is -0.282 e. The van der Waals surface area contributed by atoms with Crippen LogP contribution in [0.5, 0.6) is 0 Å². The molecule has 0 aromatic heterocycles. The maximum atomic E-state index is 11.0. The molecule has 16 heavy (non-hydrogen) atoms. The maximum absolute atomic E-state index is 11.0. The number of hydrogen-bond donors (Lipinski definition) is 1. The predicted octanol–water partition coefficient (Wildman–Crippen LogP) is 3.30. The third-order valence-electron chi connectivity index (χ3n) is 2.14. The van der Waals surface area contributed by atoms with Crippen LogP contribution in [-0.4, -0.2) is 13.0 Å². The van der Waals surface area contributed by atoms with Gasteiger partial charge in [0.05, 0.1) is 4.90 Å². The molecule has 84 valence electrons. The predicted molar refractivity (Wildman–Crippen MR) is 79.2 cm³/mol. The van der Waals surface area contributed by atoms with E-state index in [-0.39, 0.29) is 4.90 Å². The van der Waals surface area contributed by atoms with Crippen LogP contribution in [0.1, 0.15) is 0 Å². The van der Waals surface area contributed by atoms with Crippen LogP contribution in [0.15, 0.2) is 35.2 Å². The van der Waals surface area contributed by atoms with Crippen LogP contribution in [0.4, 0.5) is 0 Å². The van der Waals surface area contributed by atoms with Crippen LogP contribution in [0.3, 0.4) is 0 Å². The summed E-state index contributed by atoms with van der Waals surface area (Å²) in [5.41, 5.74) is 0. The lowest BCUT2D eigenvalue weighted by Crippen LogP contribution is -1.97. The third kappa shape index (κ3) is 2.49. The summed E-state index contributed by atoms with van der Waals surface area (Å²) in [6.07, 6.45) is 0. The summed E-state index contributed by atoms with van der Waals surface area (Å²) in [6, 6.07) is 8.51. The quantitative estimate of drug-likeness (QED) is 0.526. The number of fused-ring (bicyclic) bond motifs is 1. The van der Waals surface area contributed by atoms with Gasteiger partial charge in [0.2, 0.25) is 0 Å². The lowest BCUT2D eigenvalue weighted by molar-refractivity contribution is 0.483. The Hall–Kier alpha value is 0.0700. The van der Waals surface area contributed by atoms with Gasteiger partial charge in [-0.05, 0) is 80.2 Å². The average molecular weight is 460 g/mol. The van der Waals surface area contributed by atoms with Gasteiger partial charge >= 0.3 is 0 Å². The first kappa shape index (κ1) is 12.5. The number of rotatable bonds is 1. The van der Waals surface area contributed by atoms with Crippen molar-refractivity contribution in [3.63, 3.8) is 0 Å². The molecule has 0 amide bonds. The fourth-order valence-corrected chi connectivity index (χ4v) is 3.97. The molecule has 0 radical (unpaired) electrons. The zero-order valence-corrected chi connectivity index (χ0v) is 12.9. The van der Waals surface area contributed by atoms with E-state index in [2.05, 4.69) is 45.2 Å². The van der Waals surface area contributed by atoms with E-state index in [9.17, 15) is 8.42 Å². The molecule has 6 heteroatoms. The normalized spacial score (nSPS) is 11.9. The molecular weight excluding hydrogens is 454 g/mol. The highest BCUT2D eigenvalue weighted by atomic mass is 127. The van der Waals surface area contributed by atoms with Gasteiger partial charge in [0.15, 0.2) is 0 Å². The van der Waals surface area contributed by atoms with E-state index in [4.69, 9.17) is 4.55 Å². The summed E-state index contributed by atoms with van der Waals surface area (Å²) < 4.78 is 33.0. The Morgan fingerprint density at radius 2 is 1.75 bits per heavy atom. The molecule has 1 N–H and O–H groups in total. The lowest BCUT2D eigenvalue weighted by atomic mass is 10.1. The molecule has 0 unspecified atom stereocenters. The average Bonchev–Trinajstić information content (AvgIpc) is 2.15. The van der Waals surface area contributed by atoms with Crippen molar-refractivity contribution in [1.29, 1.82) is 0 Å². The van der Waals surface area contributed by atoms with Crippen molar-refractivity contribution >= 4 is 66.1 Å². The summed E-state index contributed by atoms with van der Waals surface area (Å²) in [5, 5.41) is 1.79. The van der Waals surface area contributed by atoms with Gasteiger partial charge in [-0.3, -0.25) is 4.55 Å². The molecule has 2 aromatic rings. The fourth-order valence-electron chi connectivity index (χ4n) is 1.42. The van der Waals surface area contributed by atoms with E-state index in [1.165, 1.54) is 12.1 Å². The van der Waals surface area contributed by atoms with Crippen molar-refractivity contribution in [2.24, 2.45) is 0 Å². The molecule has 2 aromatic carbocycles. The Labute approximate surface area is 120 Å². The zero-order chi connectivity index (χ0) is 11.9. The van der Waals surface area contributed by atoms with Crippen molar-refractivity contribution in [2.45, 2.75) is 4.90 Å². The standard InChI is InChI=1S/C10H6I2O3S/c11-7-3-6-1-2-8(16(13,14)15)5-9(6)10(12)4-7/h1-5H,(H,13,14,15). The highest BCUT2D eigenvalue weighted by Gasteiger charge is 2.11. The van der Waals surface area contributed by atoms with Gasteiger partial charge in [0, 0.05) is 7.14 Å². The Morgan fingerprint density at radius 3 is 2.38 bits per heavy atom. The second-order valence-corrected chi connectivity index (χ2v) is 7.07. The molecule has 0 aliphatic carbocycles. The molecule has 0 saturated carbocycles. The molecule has 2 rings (SSSR count). The van der Waals surface area contributed by atoms with Crippen molar-refractivity contribution in [3.05, 3.63) is 37.5 Å². The Balaban J connectivity index is 2.82. The van der Waals surface area contributed by atoms with E-state index in [1.54, 1.807) is 6.07 Å². The molecule has 0 aliphatic heterocycles. The Morgan fingerprint density at radius 1 is 1.06 bits per heavy atom. The summed E-state index contributed by atoms with van der Waals surface area (Å²) in [5.74, 6) is 0. The maximum Gasteiger partial charge on any atom is 0.294 e.